The summed E-state index contributed by atoms with van der Waals surface area (Å²) in [5.74, 6) is -0.631. The number of anilines is 1. The topological polar surface area (TPSA) is 41.1 Å². The van der Waals surface area contributed by atoms with E-state index in [1.807, 2.05) is 0 Å². The Balaban J connectivity index is 2.77. The van der Waals surface area contributed by atoms with Crippen LogP contribution in [0.1, 0.15) is 12.5 Å². The maximum atomic E-state index is 12.5. The van der Waals surface area contributed by atoms with Gasteiger partial charge in [0.05, 0.1) is 5.56 Å². The maximum Gasteiger partial charge on any atom is 0.416 e. The summed E-state index contributed by atoms with van der Waals surface area (Å²) >= 11 is 0. The van der Waals surface area contributed by atoms with Crippen molar-refractivity contribution in [1.29, 1.82) is 0 Å². The molecular formula is C12H15F3N2O. The minimum atomic E-state index is -4.41. The molecule has 1 aromatic rings. The van der Waals surface area contributed by atoms with Gasteiger partial charge in [-0.3, -0.25) is 4.79 Å². The third-order valence-electron chi connectivity index (χ3n) is 2.42. The SMILES string of the molecule is CNCC(C)C(=O)Nc1cccc(C(F)(F)F)c1. The maximum absolute atomic E-state index is 12.5. The van der Waals surface area contributed by atoms with Gasteiger partial charge in [0.25, 0.3) is 0 Å². The molecule has 0 spiro atoms. The average molecular weight is 260 g/mol. The average Bonchev–Trinajstić information content (AvgIpc) is 2.28. The van der Waals surface area contributed by atoms with Crippen LogP contribution in [0.3, 0.4) is 0 Å². The van der Waals surface area contributed by atoms with Crippen molar-refractivity contribution >= 4 is 11.6 Å². The third kappa shape index (κ3) is 4.03. The zero-order chi connectivity index (χ0) is 13.8. The fourth-order valence-electron chi connectivity index (χ4n) is 1.44. The number of benzene rings is 1. The fourth-order valence-corrected chi connectivity index (χ4v) is 1.44. The smallest absolute Gasteiger partial charge is 0.326 e. The molecule has 0 aliphatic heterocycles. The summed E-state index contributed by atoms with van der Waals surface area (Å²) in [5, 5.41) is 5.29. The molecule has 0 heterocycles. The number of halogens is 3. The van der Waals surface area contributed by atoms with E-state index in [2.05, 4.69) is 10.6 Å². The second-order valence-corrected chi connectivity index (χ2v) is 4.03. The Bertz CT molecular complexity index is 418. The van der Waals surface area contributed by atoms with Crippen molar-refractivity contribution in [3.05, 3.63) is 29.8 Å². The minimum Gasteiger partial charge on any atom is -0.326 e. The number of alkyl halides is 3. The van der Waals surface area contributed by atoms with E-state index in [-0.39, 0.29) is 17.5 Å². The molecule has 0 aromatic heterocycles. The summed E-state index contributed by atoms with van der Waals surface area (Å²) in [6.45, 7) is 2.16. The van der Waals surface area contributed by atoms with E-state index in [1.165, 1.54) is 12.1 Å². The summed E-state index contributed by atoms with van der Waals surface area (Å²) in [7, 11) is 1.70. The highest BCUT2D eigenvalue weighted by molar-refractivity contribution is 5.92. The lowest BCUT2D eigenvalue weighted by Crippen LogP contribution is -2.28. The Morgan fingerprint density at radius 2 is 2.06 bits per heavy atom. The molecule has 2 N–H and O–H groups in total. The molecule has 0 saturated heterocycles. The van der Waals surface area contributed by atoms with Gasteiger partial charge in [0.15, 0.2) is 0 Å². The number of hydrogen-bond acceptors (Lipinski definition) is 2. The predicted octanol–water partition coefficient (Wildman–Crippen LogP) is 2.50. The summed E-state index contributed by atoms with van der Waals surface area (Å²) in [5.41, 5.74) is -0.626. The van der Waals surface area contributed by atoms with Crippen molar-refractivity contribution in [3.8, 4) is 0 Å². The largest absolute Gasteiger partial charge is 0.416 e. The van der Waals surface area contributed by atoms with E-state index < -0.39 is 11.7 Å². The van der Waals surface area contributed by atoms with E-state index in [9.17, 15) is 18.0 Å². The second-order valence-electron chi connectivity index (χ2n) is 4.03. The zero-order valence-electron chi connectivity index (χ0n) is 10.1. The summed E-state index contributed by atoms with van der Waals surface area (Å²) < 4.78 is 37.4. The van der Waals surface area contributed by atoms with Gasteiger partial charge >= 0.3 is 6.18 Å². The molecule has 1 amide bonds. The first kappa shape index (κ1) is 14.5. The molecule has 0 aliphatic carbocycles. The molecule has 1 aromatic carbocycles. The van der Waals surface area contributed by atoms with Crippen molar-refractivity contribution in [2.24, 2.45) is 5.92 Å². The second kappa shape index (κ2) is 5.86. The van der Waals surface area contributed by atoms with Crippen molar-refractivity contribution in [2.45, 2.75) is 13.1 Å². The first-order valence-corrected chi connectivity index (χ1v) is 5.47. The van der Waals surface area contributed by atoms with Crippen molar-refractivity contribution < 1.29 is 18.0 Å². The molecule has 1 rings (SSSR count). The Labute approximate surface area is 103 Å². The van der Waals surface area contributed by atoms with Crippen LogP contribution >= 0.6 is 0 Å². The van der Waals surface area contributed by atoms with Gasteiger partial charge in [0.1, 0.15) is 0 Å². The number of rotatable bonds is 4. The lowest BCUT2D eigenvalue weighted by atomic mass is 10.1. The molecule has 0 saturated carbocycles. The van der Waals surface area contributed by atoms with Crippen LogP contribution in [0.4, 0.5) is 18.9 Å². The van der Waals surface area contributed by atoms with E-state index >= 15 is 0 Å². The highest BCUT2D eigenvalue weighted by Gasteiger charge is 2.30. The van der Waals surface area contributed by atoms with Crippen LogP contribution in [-0.4, -0.2) is 19.5 Å². The van der Waals surface area contributed by atoms with Crippen LogP contribution in [0.2, 0.25) is 0 Å². The molecule has 1 unspecified atom stereocenters. The highest BCUT2D eigenvalue weighted by atomic mass is 19.4. The highest BCUT2D eigenvalue weighted by Crippen LogP contribution is 2.30. The number of nitrogens with one attached hydrogen (secondary N) is 2. The minimum absolute atomic E-state index is 0.151. The predicted molar refractivity (Wildman–Crippen MR) is 63.2 cm³/mol. The normalized spacial score (nSPS) is 13.2. The van der Waals surface area contributed by atoms with Crippen LogP contribution in [0.15, 0.2) is 24.3 Å². The molecule has 1 atom stereocenters. The third-order valence-corrected chi connectivity index (χ3v) is 2.42. The quantitative estimate of drug-likeness (QED) is 0.873. The Kier molecular flexibility index (Phi) is 4.72. The Morgan fingerprint density at radius 1 is 1.39 bits per heavy atom. The zero-order valence-corrected chi connectivity index (χ0v) is 10.1. The Hall–Kier alpha value is -1.56. The first-order chi connectivity index (χ1) is 8.34. The standard InChI is InChI=1S/C12H15F3N2O/c1-8(7-16-2)11(18)17-10-5-3-4-9(6-10)12(13,14)15/h3-6,8,16H,7H2,1-2H3,(H,17,18). The number of carbonyl (C=O) groups excluding carboxylic acids is 1. The van der Waals surface area contributed by atoms with Gasteiger partial charge in [0, 0.05) is 18.2 Å². The van der Waals surface area contributed by atoms with Crippen LogP contribution in [-0.2, 0) is 11.0 Å². The molecule has 0 fully saturated rings. The van der Waals surface area contributed by atoms with E-state index in [0.29, 0.717) is 6.54 Å². The van der Waals surface area contributed by atoms with Crippen LogP contribution in [0.5, 0.6) is 0 Å². The van der Waals surface area contributed by atoms with Gasteiger partial charge in [-0.15, -0.1) is 0 Å². The van der Waals surface area contributed by atoms with Crippen molar-refractivity contribution in [1.82, 2.24) is 5.32 Å². The van der Waals surface area contributed by atoms with Crippen LogP contribution < -0.4 is 10.6 Å². The van der Waals surface area contributed by atoms with E-state index in [0.717, 1.165) is 12.1 Å². The molecule has 0 radical (unpaired) electrons. The molecule has 0 bridgehead atoms. The molecule has 100 valence electrons. The van der Waals surface area contributed by atoms with Gasteiger partial charge in [-0.05, 0) is 25.2 Å². The first-order valence-electron chi connectivity index (χ1n) is 5.47. The number of hydrogen-bond donors (Lipinski definition) is 2. The fraction of sp³-hybridized carbons (Fsp3) is 0.417. The lowest BCUT2D eigenvalue weighted by Gasteiger charge is -2.13. The molecule has 3 nitrogen and oxygen atoms in total. The number of carbonyl (C=O) groups is 1. The Morgan fingerprint density at radius 3 is 2.61 bits per heavy atom. The number of amides is 1. The van der Waals surface area contributed by atoms with E-state index in [1.54, 1.807) is 14.0 Å². The molecule has 18 heavy (non-hydrogen) atoms. The van der Waals surface area contributed by atoms with Crippen LogP contribution in [0, 0.1) is 5.92 Å². The van der Waals surface area contributed by atoms with Gasteiger partial charge in [0.2, 0.25) is 5.91 Å². The molecule has 6 heteroatoms. The van der Waals surface area contributed by atoms with Gasteiger partial charge in [-0.2, -0.15) is 13.2 Å². The lowest BCUT2D eigenvalue weighted by molar-refractivity contribution is -0.137. The molecule has 0 aliphatic rings. The van der Waals surface area contributed by atoms with Gasteiger partial charge < -0.3 is 10.6 Å². The van der Waals surface area contributed by atoms with Crippen LogP contribution in [0.25, 0.3) is 0 Å². The monoisotopic (exact) mass is 260 g/mol. The van der Waals surface area contributed by atoms with Crippen molar-refractivity contribution in [3.63, 3.8) is 0 Å². The summed E-state index contributed by atoms with van der Waals surface area (Å²) in [4.78, 5) is 11.6. The summed E-state index contributed by atoms with van der Waals surface area (Å²) in [6.07, 6.45) is -4.41. The van der Waals surface area contributed by atoms with E-state index in [4.69, 9.17) is 0 Å². The summed E-state index contributed by atoms with van der Waals surface area (Å²) in [6, 6.07) is 4.58. The molecular weight excluding hydrogens is 245 g/mol. The van der Waals surface area contributed by atoms with Crippen molar-refractivity contribution in [2.75, 3.05) is 18.9 Å². The van der Waals surface area contributed by atoms with Gasteiger partial charge in [-0.1, -0.05) is 13.0 Å². The van der Waals surface area contributed by atoms with Gasteiger partial charge in [-0.25, -0.2) is 0 Å².